The van der Waals surface area contributed by atoms with Crippen molar-refractivity contribution in [3.63, 3.8) is 0 Å². The van der Waals surface area contributed by atoms with E-state index in [2.05, 4.69) is 45.5 Å². The van der Waals surface area contributed by atoms with Crippen LogP contribution in [0.1, 0.15) is 12.8 Å². The number of rotatable bonds is 3. The monoisotopic (exact) mass is 285 g/mol. The summed E-state index contributed by atoms with van der Waals surface area (Å²) in [5.41, 5.74) is 0. The summed E-state index contributed by atoms with van der Waals surface area (Å²) >= 11 is 5.43. The van der Waals surface area contributed by atoms with Gasteiger partial charge in [0.05, 0.1) is 0 Å². The lowest BCUT2D eigenvalue weighted by molar-refractivity contribution is 0.410. The smallest absolute Gasteiger partial charge is 0.0176 e. The predicted octanol–water partition coefficient (Wildman–Crippen LogP) is 3.54. The number of hydrogen-bond donors (Lipinski definition) is 1. The first-order chi connectivity index (χ1) is 7.34. The van der Waals surface area contributed by atoms with Crippen LogP contribution < -0.4 is 5.32 Å². The van der Waals surface area contributed by atoms with E-state index in [0.717, 1.165) is 10.4 Å². The normalized spacial score (nSPS) is 21.5. The molecule has 1 N–H and O–H groups in total. The number of piperidine rings is 1. The summed E-state index contributed by atoms with van der Waals surface area (Å²) in [6, 6.07) is 8.60. The molecule has 0 amide bonds. The van der Waals surface area contributed by atoms with Crippen molar-refractivity contribution in [1.82, 2.24) is 5.32 Å². The number of thioether (sulfide) groups is 1. The van der Waals surface area contributed by atoms with Gasteiger partial charge >= 0.3 is 0 Å². The minimum atomic E-state index is 0.854. The maximum Gasteiger partial charge on any atom is 0.0176 e. The molecule has 1 aromatic carbocycles. The molecule has 1 aromatic rings. The van der Waals surface area contributed by atoms with Gasteiger partial charge in [-0.15, -0.1) is 11.8 Å². The summed E-state index contributed by atoms with van der Waals surface area (Å²) in [6.45, 7) is 2.41. The standard InChI is InChI=1S/C12H16BrNS/c13-11-3-5-12(6-4-11)15-9-10-2-1-7-14-8-10/h3-6,10,14H,1-2,7-9H2/t10-/m0/s1. The van der Waals surface area contributed by atoms with E-state index in [4.69, 9.17) is 0 Å². The predicted molar refractivity (Wildman–Crippen MR) is 70.5 cm³/mol. The third kappa shape index (κ3) is 3.82. The summed E-state index contributed by atoms with van der Waals surface area (Å²) in [4.78, 5) is 1.38. The van der Waals surface area contributed by atoms with Gasteiger partial charge in [-0.3, -0.25) is 0 Å². The fraction of sp³-hybridized carbons (Fsp3) is 0.500. The zero-order valence-corrected chi connectivity index (χ0v) is 11.1. The number of halogens is 1. The summed E-state index contributed by atoms with van der Waals surface area (Å²) in [5, 5.41) is 3.46. The maximum absolute atomic E-state index is 3.46. The molecule has 1 aliphatic heterocycles. The lowest BCUT2D eigenvalue weighted by Gasteiger charge is -2.22. The topological polar surface area (TPSA) is 12.0 Å². The molecule has 3 heteroatoms. The van der Waals surface area contributed by atoms with Gasteiger partial charge in [-0.05, 0) is 56.1 Å². The van der Waals surface area contributed by atoms with Crippen LogP contribution in [0.5, 0.6) is 0 Å². The zero-order valence-electron chi connectivity index (χ0n) is 8.71. The first-order valence-electron chi connectivity index (χ1n) is 5.44. The molecular weight excluding hydrogens is 270 g/mol. The second kappa shape index (κ2) is 5.92. The highest BCUT2D eigenvalue weighted by atomic mass is 79.9. The molecule has 2 rings (SSSR count). The first-order valence-corrected chi connectivity index (χ1v) is 7.21. The van der Waals surface area contributed by atoms with Crippen molar-refractivity contribution in [2.45, 2.75) is 17.7 Å². The minimum absolute atomic E-state index is 0.854. The van der Waals surface area contributed by atoms with Crippen molar-refractivity contribution in [2.75, 3.05) is 18.8 Å². The highest BCUT2D eigenvalue weighted by Crippen LogP contribution is 2.24. The fourth-order valence-corrected chi connectivity index (χ4v) is 3.12. The maximum atomic E-state index is 3.46. The van der Waals surface area contributed by atoms with Crippen LogP contribution in [0, 0.1) is 5.92 Å². The molecule has 1 nitrogen and oxygen atoms in total. The lowest BCUT2D eigenvalue weighted by atomic mass is 10.0. The average molecular weight is 286 g/mol. The Bertz CT molecular complexity index is 293. The van der Waals surface area contributed by atoms with E-state index in [0.29, 0.717) is 0 Å². The van der Waals surface area contributed by atoms with Crippen molar-refractivity contribution >= 4 is 27.7 Å². The zero-order chi connectivity index (χ0) is 10.5. The van der Waals surface area contributed by atoms with Gasteiger partial charge in [0, 0.05) is 15.1 Å². The Labute approximate surface area is 104 Å². The summed E-state index contributed by atoms with van der Waals surface area (Å²) in [7, 11) is 0. The van der Waals surface area contributed by atoms with Gasteiger partial charge in [-0.1, -0.05) is 15.9 Å². The Balaban J connectivity index is 1.79. The number of nitrogens with one attached hydrogen (secondary N) is 1. The molecule has 15 heavy (non-hydrogen) atoms. The molecular formula is C12H16BrNS. The molecule has 0 saturated carbocycles. The van der Waals surface area contributed by atoms with E-state index in [1.54, 1.807) is 0 Å². The Kier molecular flexibility index (Phi) is 4.54. The Morgan fingerprint density at radius 2 is 2.13 bits per heavy atom. The van der Waals surface area contributed by atoms with Crippen LogP contribution in [0.4, 0.5) is 0 Å². The van der Waals surface area contributed by atoms with Crippen LogP contribution in [-0.2, 0) is 0 Å². The van der Waals surface area contributed by atoms with Crippen LogP contribution in [0.3, 0.4) is 0 Å². The fourth-order valence-electron chi connectivity index (χ4n) is 1.81. The Morgan fingerprint density at radius 1 is 1.33 bits per heavy atom. The van der Waals surface area contributed by atoms with Gasteiger partial charge < -0.3 is 5.32 Å². The third-order valence-corrected chi connectivity index (χ3v) is 4.47. The molecule has 1 heterocycles. The van der Waals surface area contributed by atoms with Crippen LogP contribution in [0.2, 0.25) is 0 Å². The molecule has 1 aliphatic rings. The average Bonchev–Trinajstić information content (AvgIpc) is 2.30. The number of benzene rings is 1. The van der Waals surface area contributed by atoms with Crippen molar-refractivity contribution in [1.29, 1.82) is 0 Å². The van der Waals surface area contributed by atoms with E-state index < -0.39 is 0 Å². The van der Waals surface area contributed by atoms with Crippen molar-refractivity contribution in [3.05, 3.63) is 28.7 Å². The second-order valence-electron chi connectivity index (χ2n) is 3.98. The second-order valence-corrected chi connectivity index (χ2v) is 5.99. The molecule has 0 aromatic heterocycles. The molecule has 1 fully saturated rings. The van der Waals surface area contributed by atoms with E-state index in [1.165, 1.54) is 36.6 Å². The van der Waals surface area contributed by atoms with E-state index in [9.17, 15) is 0 Å². The van der Waals surface area contributed by atoms with Crippen molar-refractivity contribution in [2.24, 2.45) is 5.92 Å². The highest BCUT2D eigenvalue weighted by molar-refractivity contribution is 9.10. The molecule has 0 spiro atoms. The Hall–Kier alpha value is 0.01000. The minimum Gasteiger partial charge on any atom is -0.316 e. The van der Waals surface area contributed by atoms with Gasteiger partial charge in [0.25, 0.3) is 0 Å². The SMILES string of the molecule is Brc1ccc(SC[C@H]2CCCNC2)cc1. The summed E-state index contributed by atoms with van der Waals surface area (Å²) < 4.78 is 1.16. The largest absolute Gasteiger partial charge is 0.316 e. The van der Waals surface area contributed by atoms with Gasteiger partial charge in [-0.2, -0.15) is 0 Å². The van der Waals surface area contributed by atoms with E-state index in [1.807, 2.05) is 11.8 Å². The summed E-state index contributed by atoms with van der Waals surface area (Å²) in [5.74, 6) is 2.10. The molecule has 82 valence electrons. The molecule has 1 saturated heterocycles. The van der Waals surface area contributed by atoms with Crippen molar-refractivity contribution in [3.8, 4) is 0 Å². The third-order valence-electron chi connectivity index (χ3n) is 2.70. The lowest BCUT2D eigenvalue weighted by Crippen LogP contribution is -2.30. The van der Waals surface area contributed by atoms with Crippen LogP contribution in [-0.4, -0.2) is 18.8 Å². The van der Waals surface area contributed by atoms with Gasteiger partial charge in [-0.25, -0.2) is 0 Å². The highest BCUT2D eigenvalue weighted by Gasteiger charge is 2.12. The molecule has 0 radical (unpaired) electrons. The Morgan fingerprint density at radius 3 is 2.80 bits per heavy atom. The molecule has 0 unspecified atom stereocenters. The first kappa shape index (κ1) is 11.5. The van der Waals surface area contributed by atoms with E-state index >= 15 is 0 Å². The van der Waals surface area contributed by atoms with E-state index in [-0.39, 0.29) is 0 Å². The quantitative estimate of drug-likeness (QED) is 0.853. The van der Waals surface area contributed by atoms with Crippen molar-refractivity contribution < 1.29 is 0 Å². The van der Waals surface area contributed by atoms with Gasteiger partial charge in [0.2, 0.25) is 0 Å². The number of hydrogen-bond acceptors (Lipinski definition) is 2. The summed E-state index contributed by atoms with van der Waals surface area (Å²) in [6.07, 6.45) is 2.72. The molecule has 0 bridgehead atoms. The molecule has 1 atom stereocenters. The molecule has 0 aliphatic carbocycles. The van der Waals surface area contributed by atoms with Gasteiger partial charge in [0.1, 0.15) is 0 Å². The van der Waals surface area contributed by atoms with Crippen LogP contribution in [0.15, 0.2) is 33.6 Å². The van der Waals surface area contributed by atoms with Crippen LogP contribution in [0.25, 0.3) is 0 Å². The van der Waals surface area contributed by atoms with Crippen LogP contribution >= 0.6 is 27.7 Å². The van der Waals surface area contributed by atoms with Gasteiger partial charge in [0.15, 0.2) is 0 Å².